The van der Waals surface area contributed by atoms with Crippen molar-refractivity contribution in [2.24, 2.45) is 11.8 Å². The van der Waals surface area contributed by atoms with E-state index in [1.165, 1.54) is 60.8 Å². The van der Waals surface area contributed by atoms with E-state index in [1.54, 1.807) is 0 Å². The van der Waals surface area contributed by atoms with Crippen molar-refractivity contribution in [2.75, 3.05) is 25.9 Å². The highest BCUT2D eigenvalue weighted by atomic mass is 32.2. The molecule has 3 nitrogen and oxygen atoms in total. The average Bonchev–Trinajstić information content (AvgIpc) is 2.76. The SMILES string of the molecule is CCCSc1n[nH]c2c1C[C@H]1CN(C)CC[C@@H]1C2. The van der Waals surface area contributed by atoms with Gasteiger partial charge in [0.15, 0.2) is 0 Å². The van der Waals surface area contributed by atoms with Crippen LogP contribution < -0.4 is 0 Å². The fourth-order valence-electron chi connectivity index (χ4n) is 3.37. The summed E-state index contributed by atoms with van der Waals surface area (Å²) in [5.74, 6) is 2.93. The van der Waals surface area contributed by atoms with Crippen molar-refractivity contribution in [3.05, 3.63) is 11.3 Å². The molecule has 0 spiro atoms. The fourth-order valence-corrected chi connectivity index (χ4v) is 4.26. The van der Waals surface area contributed by atoms with Gasteiger partial charge in [-0.2, -0.15) is 5.10 Å². The van der Waals surface area contributed by atoms with E-state index in [0.29, 0.717) is 0 Å². The maximum absolute atomic E-state index is 4.54. The minimum atomic E-state index is 0.856. The molecule has 1 aliphatic heterocycles. The van der Waals surface area contributed by atoms with Gasteiger partial charge in [0, 0.05) is 17.8 Å². The molecule has 1 aromatic rings. The molecule has 3 rings (SSSR count). The van der Waals surface area contributed by atoms with Crippen LogP contribution in [0.3, 0.4) is 0 Å². The van der Waals surface area contributed by atoms with Gasteiger partial charge in [0.05, 0.1) is 0 Å². The van der Waals surface area contributed by atoms with Gasteiger partial charge in [0.2, 0.25) is 0 Å². The largest absolute Gasteiger partial charge is 0.306 e. The number of piperidine rings is 1. The van der Waals surface area contributed by atoms with Crippen LogP contribution in [-0.2, 0) is 12.8 Å². The van der Waals surface area contributed by atoms with E-state index in [9.17, 15) is 0 Å². The number of rotatable bonds is 3. The van der Waals surface area contributed by atoms with Crippen LogP contribution in [0.5, 0.6) is 0 Å². The van der Waals surface area contributed by atoms with Crippen molar-refractivity contribution in [3.8, 4) is 0 Å². The molecule has 0 saturated carbocycles. The summed E-state index contributed by atoms with van der Waals surface area (Å²) in [7, 11) is 2.26. The number of aromatic amines is 1. The Morgan fingerprint density at radius 3 is 3.11 bits per heavy atom. The first-order valence-electron chi connectivity index (χ1n) is 7.15. The van der Waals surface area contributed by atoms with Gasteiger partial charge in [-0.15, -0.1) is 11.8 Å². The van der Waals surface area contributed by atoms with Crippen LogP contribution in [-0.4, -0.2) is 41.0 Å². The first-order valence-corrected chi connectivity index (χ1v) is 8.14. The molecule has 0 radical (unpaired) electrons. The second-order valence-corrected chi connectivity index (χ2v) is 6.90. The van der Waals surface area contributed by atoms with Crippen molar-refractivity contribution in [2.45, 2.75) is 37.6 Å². The first kappa shape index (κ1) is 12.5. The number of thioether (sulfide) groups is 1. The normalized spacial score (nSPS) is 27.9. The fraction of sp³-hybridized carbons (Fsp3) is 0.786. The third-order valence-electron chi connectivity index (χ3n) is 4.38. The molecule has 18 heavy (non-hydrogen) atoms. The van der Waals surface area contributed by atoms with Crippen LogP contribution in [0.4, 0.5) is 0 Å². The van der Waals surface area contributed by atoms with Gasteiger partial charge < -0.3 is 4.90 Å². The van der Waals surface area contributed by atoms with E-state index in [-0.39, 0.29) is 0 Å². The molecule has 100 valence electrons. The maximum atomic E-state index is 4.54. The summed E-state index contributed by atoms with van der Waals surface area (Å²) in [6.45, 7) is 4.77. The lowest BCUT2D eigenvalue weighted by molar-refractivity contribution is 0.133. The van der Waals surface area contributed by atoms with Crippen LogP contribution >= 0.6 is 11.8 Å². The predicted molar refractivity (Wildman–Crippen MR) is 76.1 cm³/mol. The van der Waals surface area contributed by atoms with Crippen molar-refractivity contribution in [3.63, 3.8) is 0 Å². The van der Waals surface area contributed by atoms with Gasteiger partial charge in [0.25, 0.3) is 0 Å². The van der Waals surface area contributed by atoms with Gasteiger partial charge in [0.1, 0.15) is 5.03 Å². The van der Waals surface area contributed by atoms with E-state index < -0.39 is 0 Å². The molecule has 0 bridgehead atoms. The molecular weight excluding hydrogens is 242 g/mol. The Bertz CT molecular complexity index is 402. The van der Waals surface area contributed by atoms with E-state index >= 15 is 0 Å². The molecule has 1 fully saturated rings. The summed E-state index contributed by atoms with van der Waals surface area (Å²) < 4.78 is 0. The maximum Gasteiger partial charge on any atom is 0.121 e. The highest BCUT2D eigenvalue weighted by Crippen LogP contribution is 2.38. The highest BCUT2D eigenvalue weighted by Gasteiger charge is 2.34. The quantitative estimate of drug-likeness (QED) is 0.853. The molecule has 1 saturated heterocycles. The number of fused-ring (bicyclic) bond motifs is 2. The Kier molecular flexibility index (Phi) is 3.66. The number of aromatic nitrogens is 2. The summed E-state index contributed by atoms with van der Waals surface area (Å²) in [4.78, 5) is 2.49. The van der Waals surface area contributed by atoms with Gasteiger partial charge >= 0.3 is 0 Å². The number of nitrogens with one attached hydrogen (secondary N) is 1. The molecule has 2 atom stereocenters. The second kappa shape index (κ2) is 5.25. The van der Waals surface area contributed by atoms with Crippen molar-refractivity contribution in [1.29, 1.82) is 0 Å². The Morgan fingerprint density at radius 1 is 1.39 bits per heavy atom. The Hall–Kier alpha value is -0.480. The van der Waals surface area contributed by atoms with Crippen LogP contribution in [0.15, 0.2) is 5.03 Å². The first-order chi connectivity index (χ1) is 8.78. The monoisotopic (exact) mass is 265 g/mol. The molecule has 1 N–H and O–H groups in total. The van der Waals surface area contributed by atoms with Crippen LogP contribution in [0.1, 0.15) is 31.0 Å². The van der Waals surface area contributed by atoms with Crippen LogP contribution in [0, 0.1) is 11.8 Å². The Morgan fingerprint density at radius 2 is 2.28 bits per heavy atom. The average molecular weight is 265 g/mol. The number of nitrogens with zero attached hydrogens (tertiary/aromatic N) is 2. The van der Waals surface area contributed by atoms with Crippen molar-refractivity contribution in [1.82, 2.24) is 15.1 Å². The zero-order valence-corrected chi connectivity index (χ0v) is 12.2. The summed E-state index contributed by atoms with van der Waals surface area (Å²) in [5.41, 5.74) is 2.96. The molecular formula is C14H23N3S. The van der Waals surface area contributed by atoms with Gasteiger partial charge in [-0.25, -0.2) is 0 Å². The molecule has 0 amide bonds. The van der Waals surface area contributed by atoms with Crippen LogP contribution in [0.25, 0.3) is 0 Å². The predicted octanol–water partition coefficient (Wildman–Crippen LogP) is 2.58. The number of hydrogen-bond donors (Lipinski definition) is 1. The minimum Gasteiger partial charge on any atom is -0.306 e. The molecule has 4 heteroatoms. The summed E-state index contributed by atoms with van der Waals surface area (Å²) in [6.07, 6.45) is 5.05. The zero-order chi connectivity index (χ0) is 12.5. The van der Waals surface area contributed by atoms with Gasteiger partial charge in [-0.1, -0.05) is 6.92 Å². The Balaban J connectivity index is 1.77. The van der Waals surface area contributed by atoms with E-state index in [4.69, 9.17) is 0 Å². The molecule has 1 aromatic heterocycles. The Labute approximate surface area is 114 Å². The summed E-state index contributed by atoms with van der Waals surface area (Å²) >= 11 is 1.93. The third kappa shape index (κ3) is 2.32. The lowest BCUT2D eigenvalue weighted by atomic mass is 9.74. The van der Waals surface area contributed by atoms with Gasteiger partial charge in [-0.05, 0) is 56.9 Å². The minimum absolute atomic E-state index is 0.856. The molecule has 1 aliphatic carbocycles. The van der Waals surface area contributed by atoms with E-state index in [2.05, 4.69) is 29.1 Å². The zero-order valence-electron chi connectivity index (χ0n) is 11.4. The van der Waals surface area contributed by atoms with Crippen LogP contribution in [0.2, 0.25) is 0 Å². The van der Waals surface area contributed by atoms with Crippen molar-refractivity contribution >= 4 is 11.8 Å². The molecule has 0 unspecified atom stereocenters. The molecule has 0 aromatic carbocycles. The smallest absolute Gasteiger partial charge is 0.121 e. The second-order valence-electron chi connectivity index (χ2n) is 5.81. The molecule has 2 aliphatic rings. The van der Waals surface area contributed by atoms with Crippen molar-refractivity contribution < 1.29 is 0 Å². The van der Waals surface area contributed by atoms with Gasteiger partial charge in [-0.3, -0.25) is 5.10 Å². The lowest BCUT2D eigenvalue weighted by Gasteiger charge is -2.39. The summed E-state index contributed by atoms with van der Waals surface area (Å²) in [6, 6.07) is 0. The lowest BCUT2D eigenvalue weighted by Crippen LogP contribution is -2.41. The van der Waals surface area contributed by atoms with E-state index in [1.807, 2.05) is 11.8 Å². The molecule has 2 heterocycles. The standard InChI is InChI=1S/C14H23N3S/c1-3-6-18-14-12-7-11-9-17(2)5-4-10(11)8-13(12)15-16-14/h10-11H,3-9H2,1-2H3,(H,15,16)/t10-,11+/m1/s1. The number of H-pyrrole nitrogens is 1. The topological polar surface area (TPSA) is 31.9 Å². The highest BCUT2D eigenvalue weighted by molar-refractivity contribution is 7.99. The number of hydrogen-bond acceptors (Lipinski definition) is 3. The van der Waals surface area contributed by atoms with E-state index in [0.717, 1.165) is 11.8 Å². The third-order valence-corrected chi connectivity index (χ3v) is 5.61. The number of likely N-dealkylation sites (tertiary alicyclic amines) is 1. The summed E-state index contributed by atoms with van der Waals surface area (Å²) in [5, 5.41) is 9.11.